The first-order chi connectivity index (χ1) is 9.62. The molecule has 0 aliphatic heterocycles. The fraction of sp³-hybridized carbons (Fsp3) is 0.571. The summed E-state index contributed by atoms with van der Waals surface area (Å²) < 4.78 is 0. The van der Waals surface area contributed by atoms with E-state index in [-0.39, 0.29) is 5.91 Å². The Morgan fingerprint density at radius 2 is 2.25 bits per heavy atom. The molecular formula is C14H23ClN4O. The number of carbonyl (C=O) groups is 1. The highest BCUT2D eigenvalue weighted by atomic mass is 35.5. The summed E-state index contributed by atoms with van der Waals surface area (Å²) >= 11 is 5.95. The van der Waals surface area contributed by atoms with Gasteiger partial charge >= 0.3 is 0 Å². The topological polar surface area (TPSA) is 80.0 Å². The summed E-state index contributed by atoms with van der Waals surface area (Å²) in [6, 6.07) is 1.56. The molecular weight excluding hydrogens is 276 g/mol. The van der Waals surface area contributed by atoms with Crippen LogP contribution in [0.15, 0.2) is 12.3 Å². The molecule has 0 bridgehead atoms. The van der Waals surface area contributed by atoms with Gasteiger partial charge in [0.05, 0.1) is 10.6 Å². The number of nitrogens with zero attached hydrogens (tertiary/aromatic N) is 1. The monoisotopic (exact) mass is 298 g/mol. The van der Waals surface area contributed by atoms with Crippen molar-refractivity contribution in [1.82, 2.24) is 10.3 Å². The normalized spacial score (nSPS) is 12.0. The van der Waals surface area contributed by atoms with E-state index in [1.165, 1.54) is 19.0 Å². The van der Waals surface area contributed by atoms with Gasteiger partial charge in [-0.15, -0.1) is 0 Å². The summed E-state index contributed by atoms with van der Waals surface area (Å²) in [5.74, 6) is 5.97. The van der Waals surface area contributed by atoms with E-state index in [4.69, 9.17) is 17.4 Å². The molecule has 1 atom stereocenters. The van der Waals surface area contributed by atoms with E-state index in [0.717, 1.165) is 12.8 Å². The molecule has 0 saturated carbocycles. The van der Waals surface area contributed by atoms with Gasteiger partial charge in [-0.3, -0.25) is 4.79 Å². The maximum absolute atomic E-state index is 12.0. The molecule has 1 aromatic rings. The van der Waals surface area contributed by atoms with Crippen LogP contribution < -0.4 is 16.6 Å². The van der Waals surface area contributed by atoms with E-state index in [1.54, 1.807) is 6.07 Å². The molecule has 6 heteroatoms. The van der Waals surface area contributed by atoms with E-state index in [2.05, 4.69) is 29.6 Å². The van der Waals surface area contributed by atoms with Crippen molar-refractivity contribution in [2.45, 2.75) is 39.5 Å². The highest BCUT2D eigenvalue weighted by Crippen LogP contribution is 2.19. The van der Waals surface area contributed by atoms with E-state index in [1.807, 2.05) is 0 Å². The first-order valence-electron chi connectivity index (χ1n) is 7.02. The minimum absolute atomic E-state index is 0.155. The summed E-state index contributed by atoms with van der Waals surface area (Å²) in [6.07, 6.45) is 6.04. The van der Waals surface area contributed by atoms with Crippen molar-refractivity contribution in [3.05, 3.63) is 22.8 Å². The minimum Gasteiger partial charge on any atom is -0.352 e. The van der Waals surface area contributed by atoms with Crippen molar-refractivity contribution in [3.8, 4) is 0 Å². The van der Waals surface area contributed by atoms with Crippen molar-refractivity contribution in [3.63, 3.8) is 0 Å². The zero-order valence-electron chi connectivity index (χ0n) is 12.1. The maximum atomic E-state index is 12.0. The largest absolute Gasteiger partial charge is 0.352 e. The second-order valence-electron chi connectivity index (χ2n) is 4.83. The van der Waals surface area contributed by atoms with Crippen LogP contribution in [0.2, 0.25) is 5.02 Å². The Bertz CT molecular complexity index is 439. The summed E-state index contributed by atoms with van der Waals surface area (Å²) in [5, 5.41) is 3.27. The lowest BCUT2D eigenvalue weighted by atomic mass is 9.99. The summed E-state index contributed by atoms with van der Waals surface area (Å²) in [6.45, 7) is 5.00. The second-order valence-corrected chi connectivity index (χ2v) is 5.23. The Balaban J connectivity index is 2.55. The van der Waals surface area contributed by atoms with Crippen LogP contribution in [0.1, 0.15) is 49.9 Å². The molecule has 0 fully saturated rings. The molecule has 112 valence electrons. The molecule has 1 amide bonds. The molecule has 20 heavy (non-hydrogen) atoms. The highest BCUT2D eigenvalue weighted by molar-refractivity contribution is 6.33. The number of anilines is 1. The molecule has 0 aliphatic carbocycles. The van der Waals surface area contributed by atoms with Gasteiger partial charge in [-0.05, 0) is 18.4 Å². The van der Waals surface area contributed by atoms with Crippen LogP contribution in [-0.2, 0) is 0 Å². The van der Waals surface area contributed by atoms with Crippen molar-refractivity contribution in [2.24, 2.45) is 11.8 Å². The van der Waals surface area contributed by atoms with Gasteiger partial charge in [-0.2, -0.15) is 0 Å². The predicted octanol–water partition coefficient (Wildman–Crippen LogP) is 2.97. The number of halogens is 1. The van der Waals surface area contributed by atoms with Crippen LogP contribution >= 0.6 is 11.6 Å². The molecule has 0 spiro atoms. The van der Waals surface area contributed by atoms with Crippen LogP contribution in [0.5, 0.6) is 0 Å². The number of nitrogens with two attached hydrogens (primary N) is 1. The minimum atomic E-state index is -0.155. The van der Waals surface area contributed by atoms with Crippen LogP contribution in [-0.4, -0.2) is 17.4 Å². The molecule has 1 rings (SSSR count). The van der Waals surface area contributed by atoms with Gasteiger partial charge in [0.15, 0.2) is 5.82 Å². The van der Waals surface area contributed by atoms with Gasteiger partial charge in [-0.25, -0.2) is 10.8 Å². The SMILES string of the molecule is CCCCC(CC)CNC(=O)c1cnc(NN)c(Cl)c1. The molecule has 0 aromatic carbocycles. The zero-order valence-corrected chi connectivity index (χ0v) is 12.8. The molecule has 0 aliphatic rings. The van der Waals surface area contributed by atoms with Crippen molar-refractivity contribution < 1.29 is 4.79 Å². The summed E-state index contributed by atoms with van der Waals surface area (Å²) in [5.41, 5.74) is 2.81. The van der Waals surface area contributed by atoms with E-state index >= 15 is 0 Å². The number of pyridine rings is 1. The van der Waals surface area contributed by atoms with Gasteiger partial charge < -0.3 is 10.7 Å². The fourth-order valence-corrected chi connectivity index (χ4v) is 2.17. The van der Waals surface area contributed by atoms with Crippen LogP contribution in [0, 0.1) is 5.92 Å². The lowest BCUT2D eigenvalue weighted by Crippen LogP contribution is -2.29. The average molecular weight is 299 g/mol. The number of hydrazine groups is 1. The third-order valence-electron chi connectivity index (χ3n) is 3.33. The zero-order chi connectivity index (χ0) is 15.0. The van der Waals surface area contributed by atoms with E-state index in [9.17, 15) is 4.79 Å². The number of unbranched alkanes of at least 4 members (excludes halogenated alkanes) is 1. The number of hydrogen-bond donors (Lipinski definition) is 3. The molecule has 1 unspecified atom stereocenters. The summed E-state index contributed by atoms with van der Waals surface area (Å²) in [4.78, 5) is 16.0. The van der Waals surface area contributed by atoms with E-state index < -0.39 is 0 Å². The molecule has 1 heterocycles. The molecule has 5 nitrogen and oxygen atoms in total. The molecule has 1 aromatic heterocycles. The smallest absolute Gasteiger partial charge is 0.252 e. The van der Waals surface area contributed by atoms with Crippen LogP contribution in [0.4, 0.5) is 5.82 Å². The molecule has 0 radical (unpaired) electrons. The number of rotatable bonds is 8. The van der Waals surface area contributed by atoms with Crippen molar-refractivity contribution in [1.29, 1.82) is 0 Å². The number of amides is 1. The van der Waals surface area contributed by atoms with Crippen LogP contribution in [0.25, 0.3) is 0 Å². The third-order valence-corrected chi connectivity index (χ3v) is 3.62. The quantitative estimate of drug-likeness (QED) is 0.509. The van der Waals surface area contributed by atoms with Gasteiger partial charge in [0.1, 0.15) is 0 Å². The van der Waals surface area contributed by atoms with Gasteiger partial charge in [-0.1, -0.05) is 44.7 Å². The Labute approximate surface area is 125 Å². The fourth-order valence-electron chi connectivity index (χ4n) is 1.95. The first kappa shape index (κ1) is 16.7. The number of hydrogen-bond acceptors (Lipinski definition) is 4. The van der Waals surface area contributed by atoms with Crippen molar-refractivity contribution >= 4 is 23.3 Å². The lowest BCUT2D eigenvalue weighted by Gasteiger charge is -2.15. The van der Waals surface area contributed by atoms with Gasteiger partial charge in [0, 0.05) is 12.7 Å². The Morgan fingerprint density at radius 3 is 2.80 bits per heavy atom. The first-order valence-corrected chi connectivity index (χ1v) is 7.40. The molecule has 4 N–H and O–H groups in total. The Hall–Kier alpha value is -1.33. The predicted molar refractivity (Wildman–Crippen MR) is 82.7 cm³/mol. The number of aromatic nitrogens is 1. The number of nitrogens with one attached hydrogen (secondary N) is 2. The average Bonchev–Trinajstić information content (AvgIpc) is 2.47. The molecule has 0 saturated heterocycles. The van der Waals surface area contributed by atoms with Crippen LogP contribution in [0.3, 0.4) is 0 Å². The van der Waals surface area contributed by atoms with E-state index in [0.29, 0.717) is 28.9 Å². The Morgan fingerprint density at radius 1 is 1.50 bits per heavy atom. The Kier molecular flexibility index (Phi) is 7.33. The third kappa shape index (κ3) is 4.98. The highest BCUT2D eigenvalue weighted by Gasteiger charge is 2.12. The number of nitrogen functional groups attached to an aromatic ring is 1. The second kappa shape index (κ2) is 8.76. The summed E-state index contributed by atoms with van der Waals surface area (Å²) in [7, 11) is 0. The lowest BCUT2D eigenvalue weighted by molar-refractivity contribution is 0.0945. The van der Waals surface area contributed by atoms with Gasteiger partial charge in [0.25, 0.3) is 5.91 Å². The maximum Gasteiger partial charge on any atom is 0.252 e. The van der Waals surface area contributed by atoms with Gasteiger partial charge in [0.2, 0.25) is 0 Å². The number of carbonyl (C=O) groups excluding carboxylic acids is 1. The van der Waals surface area contributed by atoms with Crippen molar-refractivity contribution in [2.75, 3.05) is 12.0 Å². The standard InChI is InChI=1S/C14H23ClN4O/c1-3-5-6-10(4-2)8-18-14(20)11-7-12(15)13(19-16)17-9-11/h7,9-10H,3-6,8,16H2,1-2H3,(H,17,19)(H,18,20).